The van der Waals surface area contributed by atoms with Crippen molar-refractivity contribution in [3.63, 3.8) is 0 Å². The van der Waals surface area contributed by atoms with Crippen molar-refractivity contribution in [1.29, 1.82) is 0 Å². The van der Waals surface area contributed by atoms with Crippen LogP contribution in [0, 0.1) is 13.8 Å². The van der Waals surface area contributed by atoms with E-state index in [2.05, 4.69) is 15.1 Å². The van der Waals surface area contributed by atoms with Crippen LogP contribution >= 0.6 is 0 Å². The number of amides is 1. The van der Waals surface area contributed by atoms with Gasteiger partial charge in [-0.25, -0.2) is 0 Å². The molecule has 0 radical (unpaired) electrons. The zero-order valence-corrected chi connectivity index (χ0v) is 11.5. The van der Waals surface area contributed by atoms with Crippen molar-refractivity contribution in [2.45, 2.75) is 13.8 Å². The lowest BCUT2D eigenvalue weighted by atomic mass is 10.1. The molecule has 6 heteroatoms. The number of aliphatic hydroxyl groups is 1. The fraction of sp³-hybridized carbons (Fsp3) is 0.615. The molecule has 1 amide bonds. The van der Waals surface area contributed by atoms with Gasteiger partial charge in [0.15, 0.2) is 0 Å². The summed E-state index contributed by atoms with van der Waals surface area (Å²) in [4.78, 5) is 16.4. The minimum absolute atomic E-state index is 0.0270. The van der Waals surface area contributed by atoms with Crippen LogP contribution in [0.15, 0.2) is 6.07 Å². The standard InChI is InChI=1S/C13H20N4O2/c1-10-9-12(11(2)15-14-10)13(19)17-5-3-16(4-6-17)7-8-18/h9,18H,3-8H2,1-2H3. The van der Waals surface area contributed by atoms with Gasteiger partial charge in [0.25, 0.3) is 5.91 Å². The van der Waals surface area contributed by atoms with Crippen LogP contribution in [0.4, 0.5) is 0 Å². The van der Waals surface area contributed by atoms with Gasteiger partial charge in [-0.15, -0.1) is 0 Å². The third-order valence-corrected chi connectivity index (χ3v) is 3.41. The molecule has 1 aromatic rings. The van der Waals surface area contributed by atoms with Crippen LogP contribution in [0.5, 0.6) is 0 Å². The number of carbonyl (C=O) groups excluding carboxylic acids is 1. The van der Waals surface area contributed by atoms with E-state index in [1.807, 2.05) is 18.7 Å². The van der Waals surface area contributed by atoms with Crippen molar-refractivity contribution in [2.75, 3.05) is 39.3 Å². The summed E-state index contributed by atoms with van der Waals surface area (Å²) in [6.07, 6.45) is 0. The smallest absolute Gasteiger partial charge is 0.255 e. The van der Waals surface area contributed by atoms with Crippen molar-refractivity contribution in [3.05, 3.63) is 23.0 Å². The number of β-amino-alcohol motifs (C(OH)–C–C–N with tert-alkyl or cyclic N) is 1. The lowest BCUT2D eigenvalue weighted by Crippen LogP contribution is -2.49. The topological polar surface area (TPSA) is 69.6 Å². The normalized spacial score (nSPS) is 16.7. The number of aromatic nitrogens is 2. The first-order valence-corrected chi connectivity index (χ1v) is 6.55. The van der Waals surface area contributed by atoms with E-state index < -0.39 is 0 Å². The molecule has 1 aliphatic heterocycles. The summed E-state index contributed by atoms with van der Waals surface area (Å²) in [5, 5.41) is 16.8. The molecule has 2 rings (SSSR count). The second-order valence-electron chi connectivity index (χ2n) is 4.84. The molecule has 1 fully saturated rings. The highest BCUT2D eigenvalue weighted by atomic mass is 16.3. The quantitative estimate of drug-likeness (QED) is 0.822. The van der Waals surface area contributed by atoms with Gasteiger partial charge >= 0.3 is 0 Å². The molecule has 19 heavy (non-hydrogen) atoms. The van der Waals surface area contributed by atoms with Crippen LogP contribution in [0.3, 0.4) is 0 Å². The number of aliphatic hydroxyl groups excluding tert-OH is 1. The van der Waals surface area contributed by atoms with Crippen LogP contribution in [0.1, 0.15) is 21.7 Å². The molecule has 0 spiro atoms. The Morgan fingerprint density at radius 3 is 2.58 bits per heavy atom. The Morgan fingerprint density at radius 1 is 1.26 bits per heavy atom. The van der Waals surface area contributed by atoms with Gasteiger partial charge in [0.05, 0.1) is 23.6 Å². The molecule has 0 bridgehead atoms. The highest BCUT2D eigenvalue weighted by Gasteiger charge is 2.23. The summed E-state index contributed by atoms with van der Waals surface area (Å²) in [5.41, 5.74) is 2.07. The fourth-order valence-corrected chi connectivity index (χ4v) is 2.25. The first-order chi connectivity index (χ1) is 9.11. The van der Waals surface area contributed by atoms with E-state index in [0.717, 1.165) is 18.8 Å². The predicted molar refractivity (Wildman–Crippen MR) is 70.9 cm³/mol. The Hall–Kier alpha value is -1.53. The molecule has 1 N–H and O–H groups in total. The zero-order valence-electron chi connectivity index (χ0n) is 11.5. The van der Waals surface area contributed by atoms with Crippen molar-refractivity contribution in [3.8, 4) is 0 Å². The summed E-state index contributed by atoms with van der Waals surface area (Å²) >= 11 is 0. The van der Waals surface area contributed by atoms with Crippen LogP contribution in [0.2, 0.25) is 0 Å². The third-order valence-electron chi connectivity index (χ3n) is 3.41. The van der Waals surface area contributed by atoms with Crippen molar-refractivity contribution >= 4 is 5.91 Å². The average Bonchev–Trinajstić information content (AvgIpc) is 2.42. The maximum Gasteiger partial charge on any atom is 0.255 e. The molecule has 1 aliphatic rings. The minimum atomic E-state index is 0.0270. The second kappa shape index (κ2) is 6.08. The Balaban J connectivity index is 2.03. The van der Waals surface area contributed by atoms with Gasteiger partial charge in [-0.3, -0.25) is 9.69 Å². The first kappa shape index (κ1) is 13.9. The number of hydrogen-bond donors (Lipinski definition) is 1. The molecule has 0 aliphatic carbocycles. The van der Waals surface area contributed by atoms with Gasteiger partial charge in [0.2, 0.25) is 0 Å². The summed E-state index contributed by atoms with van der Waals surface area (Å²) in [6.45, 7) is 7.49. The van der Waals surface area contributed by atoms with E-state index in [9.17, 15) is 4.79 Å². The zero-order chi connectivity index (χ0) is 13.8. The number of carbonyl (C=O) groups is 1. The predicted octanol–water partition coefficient (Wildman–Crippen LogP) is -0.156. The maximum atomic E-state index is 12.4. The van der Waals surface area contributed by atoms with Crippen molar-refractivity contribution < 1.29 is 9.90 Å². The monoisotopic (exact) mass is 264 g/mol. The molecule has 0 saturated carbocycles. The molecular formula is C13H20N4O2. The highest BCUT2D eigenvalue weighted by Crippen LogP contribution is 2.11. The van der Waals surface area contributed by atoms with Gasteiger partial charge < -0.3 is 10.0 Å². The van der Waals surface area contributed by atoms with Gasteiger partial charge in [-0.1, -0.05) is 0 Å². The van der Waals surface area contributed by atoms with E-state index in [1.54, 1.807) is 6.07 Å². The molecule has 2 heterocycles. The Labute approximate surface area is 113 Å². The number of rotatable bonds is 3. The van der Waals surface area contributed by atoms with E-state index in [-0.39, 0.29) is 12.5 Å². The second-order valence-corrected chi connectivity index (χ2v) is 4.84. The SMILES string of the molecule is Cc1cc(C(=O)N2CCN(CCO)CC2)c(C)nn1. The molecule has 6 nitrogen and oxygen atoms in total. The van der Waals surface area contributed by atoms with Crippen LogP contribution in [-0.2, 0) is 0 Å². The molecule has 0 atom stereocenters. The summed E-state index contributed by atoms with van der Waals surface area (Å²) in [7, 11) is 0. The van der Waals surface area contributed by atoms with E-state index in [1.165, 1.54) is 0 Å². The number of nitrogens with zero attached hydrogens (tertiary/aromatic N) is 4. The van der Waals surface area contributed by atoms with Gasteiger partial charge in [0, 0.05) is 32.7 Å². The van der Waals surface area contributed by atoms with E-state index in [0.29, 0.717) is 30.9 Å². The van der Waals surface area contributed by atoms with Gasteiger partial charge in [-0.2, -0.15) is 10.2 Å². The summed E-state index contributed by atoms with van der Waals surface area (Å²) in [6, 6.07) is 1.80. The van der Waals surface area contributed by atoms with Crippen LogP contribution in [-0.4, -0.2) is 70.3 Å². The van der Waals surface area contributed by atoms with Crippen molar-refractivity contribution in [2.24, 2.45) is 0 Å². The van der Waals surface area contributed by atoms with Gasteiger partial charge in [0.1, 0.15) is 0 Å². The van der Waals surface area contributed by atoms with E-state index >= 15 is 0 Å². The minimum Gasteiger partial charge on any atom is -0.395 e. The third kappa shape index (κ3) is 3.27. The maximum absolute atomic E-state index is 12.4. The van der Waals surface area contributed by atoms with E-state index in [4.69, 9.17) is 5.11 Å². The first-order valence-electron chi connectivity index (χ1n) is 6.55. The van der Waals surface area contributed by atoms with Gasteiger partial charge in [-0.05, 0) is 19.9 Å². The molecule has 1 saturated heterocycles. The molecule has 0 unspecified atom stereocenters. The van der Waals surface area contributed by atoms with Crippen LogP contribution < -0.4 is 0 Å². The molecule has 0 aromatic carbocycles. The number of piperazine rings is 1. The molecular weight excluding hydrogens is 244 g/mol. The fourth-order valence-electron chi connectivity index (χ4n) is 2.25. The van der Waals surface area contributed by atoms with Crippen molar-refractivity contribution in [1.82, 2.24) is 20.0 Å². The Kier molecular flexibility index (Phi) is 4.44. The van der Waals surface area contributed by atoms with Crippen LogP contribution in [0.25, 0.3) is 0 Å². The summed E-state index contributed by atoms with van der Waals surface area (Å²) in [5.74, 6) is 0.0270. The molecule has 104 valence electrons. The largest absolute Gasteiger partial charge is 0.395 e. The summed E-state index contributed by atoms with van der Waals surface area (Å²) < 4.78 is 0. The number of hydrogen-bond acceptors (Lipinski definition) is 5. The lowest BCUT2D eigenvalue weighted by molar-refractivity contribution is 0.0613. The lowest BCUT2D eigenvalue weighted by Gasteiger charge is -2.34. The Bertz CT molecular complexity index is 456. The molecule has 1 aromatic heterocycles. The number of aryl methyl sites for hydroxylation is 2. The average molecular weight is 264 g/mol. The highest BCUT2D eigenvalue weighted by molar-refractivity contribution is 5.95. The Morgan fingerprint density at radius 2 is 1.95 bits per heavy atom.